The maximum absolute atomic E-state index is 13.2. The first-order chi connectivity index (χ1) is 17.4. The summed E-state index contributed by atoms with van der Waals surface area (Å²) >= 11 is 0. The Balaban J connectivity index is 1.37. The number of ether oxygens (including phenoxy) is 1. The second-order valence-corrected chi connectivity index (χ2v) is 8.99. The van der Waals surface area contributed by atoms with Crippen LogP contribution in [-0.4, -0.2) is 67.2 Å². The van der Waals surface area contributed by atoms with Crippen LogP contribution in [-0.2, 0) is 0 Å². The number of nitrogens with zero attached hydrogens (tertiary/aromatic N) is 3. The van der Waals surface area contributed by atoms with Crippen molar-refractivity contribution in [2.24, 2.45) is 0 Å². The maximum atomic E-state index is 13.2. The van der Waals surface area contributed by atoms with Gasteiger partial charge in [-0.1, -0.05) is 0 Å². The molecule has 6 N–H and O–H groups in total. The Hall–Kier alpha value is -4.25. The molecule has 4 heterocycles. The minimum atomic E-state index is -0.545. The van der Waals surface area contributed by atoms with Crippen molar-refractivity contribution in [3.8, 4) is 5.88 Å². The van der Waals surface area contributed by atoms with Gasteiger partial charge in [-0.2, -0.15) is 0 Å². The molecule has 11 nitrogen and oxygen atoms in total. The minimum Gasteiger partial charge on any atom is -0.474 e. The molecular formula is C25H30N8O3. The number of nitrogens with one attached hydrogen (secondary N) is 4. The maximum Gasteiger partial charge on any atom is 0.263 e. The second kappa shape index (κ2) is 9.78. The number of pyridine rings is 2. The van der Waals surface area contributed by atoms with Crippen molar-refractivity contribution in [2.75, 3.05) is 73.0 Å². The molecule has 1 aromatic carbocycles. The summed E-state index contributed by atoms with van der Waals surface area (Å²) in [5, 5.41) is 9.29. The van der Waals surface area contributed by atoms with Crippen molar-refractivity contribution >= 4 is 40.0 Å². The Morgan fingerprint density at radius 3 is 2.75 bits per heavy atom. The van der Waals surface area contributed by atoms with E-state index in [0.717, 1.165) is 43.1 Å². The number of anilines is 6. The minimum absolute atomic E-state index is 0.0412. The van der Waals surface area contributed by atoms with E-state index >= 15 is 0 Å². The van der Waals surface area contributed by atoms with Gasteiger partial charge < -0.3 is 41.2 Å². The van der Waals surface area contributed by atoms with E-state index in [1.54, 1.807) is 24.4 Å². The van der Waals surface area contributed by atoms with E-state index in [0.29, 0.717) is 41.8 Å². The fraction of sp³-hybridized carbons (Fsp3) is 0.320. The summed E-state index contributed by atoms with van der Waals surface area (Å²) in [5.41, 5.74) is 10.5. The van der Waals surface area contributed by atoms with Gasteiger partial charge in [0.15, 0.2) is 0 Å². The Bertz CT molecular complexity index is 1350. The number of carbonyl (C=O) groups is 1. The van der Waals surface area contributed by atoms with Crippen LogP contribution in [0.4, 0.5) is 34.1 Å². The molecule has 11 heteroatoms. The van der Waals surface area contributed by atoms with Crippen molar-refractivity contribution in [2.45, 2.75) is 6.92 Å². The van der Waals surface area contributed by atoms with E-state index < -0.39 is 11.5 Å². The lowest BCUT2D eigenvalue weighted by atomic mass is 10.1. The molecule has 2 aromatic heterocycles. The highest BCUT2D eigenvalue weighted by Crippen LogP contribution is 2.34. The predicted octanol–water partition coefficient (Wildman–Crippen LogP) is 2.21. The monoisotopic (exact) mass is 490 g/mol. The third-order valence-corrected chi connectivity index (χ3v) is 6.53. The molecule has 0 bridgehead atoms. The molecule has 0 saturated carbocycles. The molecule has 1 amide bonds. The summed E-state index contributed by atoms with van der Waals surface area (Å²) in [5.74, 6) is -0.0121. The van der Waals surface area contributed by atoms with Crippen molar-refractivity contribution < 1.29 is 9.53 Å². The Morgan fingerprint density at radius 1 is 1.17 bits per heavy atom. The van der Waals surface area contributed by atoms with Gasteiger partial charge in [-0.25, -0.2) is 4.98 Å². The summed E-state index contributed by atoms with van der Waals surface area (Å²) in [6.45, 7) is 6.85. The number of hydrogen-bond donors (Lipinski definition) is 5. The molecule has 0 atom stereocenters. The van der Waals surface area contributed by atoms with Crippen LogP contribution in [0.25, 0.3) is 0 Å². The quantitative estimate of drug-likeness (QED) is 0.340. The molecule has 2 aliphatic rings. The molecule has 1 fully saturated rings. The molecule has 5 rings (SSSR count). The highest BCUT2D eigenvalue weighted by molar-refractivity contribution is 6.08. The van der Waals surface area contributed by atoms with Gasteiger partial charge in [0, 0.05) is 50.2 Å². The zero-order valence-corrected chi connectivity index (χ0v) is 20.4. The number of piperazine rings is 1. The molecule has 0 spiro atoms. The molecule has 0 radical (unpaired) electrons. The first-order valence-corrected chi connectivity index (χ1v) is 11.9. The van der Waals surface area contributed by atoms with Gasteiger partial charge >= 0.3 is 0 Å². The van der Waals surface area contributed by atoms with Gasteiger partial charge in [0.05, 0.1) is 28.9 Å². The SMILES string of the molecule is Cc1c(Nc2cc[nH]c(=O)c2C(=O)Nc2ccc(N3CCN(C)CC3)c(N)c2)cnc2c1NCCO2. The molecule has 1 saturated heterocycles. The highest BCUT2D eigenvalue weighted by atomic mass is 16.5. The summed E-state index contributed by atoms with van der Waals surface area (Å²) in [6, 6.07) is 7.07. The van der Waals surface area contributed by atoms with E-state index in [1.165, 1.54) is 6.20 Å². The van der Waals surface area contributed by atoms with Gasteiger partial charge in [0.25, 0.3) is 11.5 Å². The molecule has 0 aliphatic carbocycles. The lowest BCUT2D eigenvalue weighted by Crippen LogP contribution is -2.44. The second-order valence-electron chi connectivity index (χ2n) is 8.99. The Morgan fingerprint density at radius 2 is 1.97 bits per heavy atom. The van der Waals surface area contributed by atoms with Crippen LogP contribution in [0.2, 0.25) is 0 Å². The van der Waals surface area contributed by atoms with E-state index in [-0.39, 0.29) is 5.56 Å². The Kier molecular flexibility index (Phi) is 6.38. The molecule has 2 aliphatic heterocycles. The number of nitrogen functional groups attached to an aromatic ring is 1. The normalized spacial score (nSPS) is 15.4. The molecule has 36 heavy (non-hydrogen) atoms. The topological polar surface area (TPSA) is 141 Å². The molecule has 3 aromatic rings. The van der Waals surface area contributed by atoms with Crippen LogP contribution in [0.5, 0.6) is 5.88 Å². The van der Waals surface area contributed by atoms with Gasteiger partial charge in [-0.3, -0.25) is 9.59 Å². The standard InChI is InChI=1S/C25H30N8O3/c1-15-19(14-29-25-22(15)27-7-12-36-25)31-18-5-6-28-23(34)21(18)24(35)30-16-3-4-20(17(26)13-16)33-10-8-32(2)9-11-33/h3-6,13-14,27H,7-12,26H2,1-2H3,(H,30,35)(H2,28,31,34). The van der Waals surface area contributed by atoms with Crippen molar-refractivity contribution in [1.29, 1.82) is 0 Å². The van der Waals surface area contributed by atoms with Crippen LogP contribution < -0.4 is 36.9 Å². The van der Waals surface area contributed by atoms with Gasteiger partial charge in [0.2, 0.25) is 5.88 Å². The average Bonchev–Trinajstić information content (AvgIpc) is 2.87. The number of aromatic nitrogens is 2. The third kappa shape index (κ3) is 4.65. The smallest absolute Gasteiger partial charge is 0.263 e. The first-order valence-electron chi connectivity index (χ1n) is 11.9. The zero-order valence-electron chi connectivity index (χ0n) is 20.4. The number of fused-ring (bicyclic) bond motifs is 1. The van der Waals surface area contributed by atoms with Crippen molar-refractivity contribution in [3.63, 3.8) is 0 Å². The number of likely N-dealkylation sites (N-methyl/N-ethyl adjacent to an activating group) is 1. The lowest BCUT2D eigenvalue weighted by Gasteiger charge is -2.34. The Labute approximate surface area is 208 Å². The van der Waals surface area contributed by atoms with Crippen molar-refractivity contribution in [1.82, 2.24) is 14.9 Å². The van der Waals surface area contributed by atoms with Crippen LogP contribution in [0.1, 0.15) is 15.9 Å². The van der Waals surface area contributed by atoms with E-state index in [4.69, 9.17) is 10.5 Å². The van der Waals surface area contributed by atoms with Gasteiger partial charge in [0.1, 0.15) is 17.9 Å². The van der Waals surface area contributed by atoms with Crippen LogP contribution in [0, 0.1) is 6.92 Å². The highest BCUT2D eigenvalue weighted by Gasteiger charge is 2.21. The van der Waals surface area contributed by atoms with Crippen LogP contribution in [0.3, 0.4) is 0 Å². The summed E-state index contributed by atoms with van der Waals surface area (Å²) in [7, 11) is 2.10. The van der Waals surface area contributed by atoms with Gasteiger partial charge in [-0.05, 0) is 38.2 Å². The fourth-order valence-electron chi connectivity index (χ4n) is 4.46. The largest absolute Gasteiger partial charge is 0.474 e. The number of hydrogen-bond acceptors (Lipinski definition) is 9. The summed E-state index contributed by atoms with van der Waals surface area (Å²) < 4.78 is 5.58. The number of aromatic amines is 1. The number of rotatable bonds is 5. The van der Waals surface area contributed by atoms with Crippen LogP contribution >= 0.6 is 0 Å². The number of nitrogens with two attached hydrogens (primary N) is 1. The van der Waals surface area contributed by atoms with Gasteiger partial charge in [-0.15, -0.1) is 0 Å². The predicted molar refractivity (Wildman–Crippen MR) is 142 cm³/mol. The van der Waals surface area contributed by atoms with Crippen molar-refractivity contribution in [3.05, 3.63) is 58.1 Å². The third-order valence-electron chi connectivity index (χ3n) is 6.53. The average molecular weight is 491 g/mol. The fourth-order valence-corrected chi connectivity index (χ4v) is 4.46. The summed E-state index contributed by atoms with van der Waals surface area (Å²) in [4.78, 5) is 37.4. The first kappa shape index (κ1) is 23.5. The molecule has 188 valence electrons. The van der Waals surface area contributed by atoms with E-state index in [1.807, 2.05) is 13.0 Å². The zero-order chi connectivity index (χ0) is 25.2. The number of amides is 1. The lowest BCUT2D eigenvalue weighted by molar-refractivity contribution is 0.102. The van der Waals surface area contributed by atoms with Crippen LogP contribution in [0.15, 0.2) is 41.5 Å². The number of H-pyrrole nitrogens is 1. The number of benzene rings is 1. The van der Waals surface area contributed by atoms with E-state index in [2.05, 4.69) is 42.8 Å². The molecular weight excluding hydrogens is 460 g/mol. The number of carbonyl (C=O) groups excluding carboxylic acids is 1. The summed E-state index contributed by atoms with van der Waals surface area (Å²) in [6.07, 6.45) is 3.12. The molecule has 0 unspecified atom stereocenters. The van der Waals surface area contributed by atoms with E-state index in [9.17, 15) is 9.59 Å².